The fourth-order valence-electron chi connectivity index (χ4n) is 2.51. The largest absolute Gasteiger partial charge is 0.417 e. The quantitative estimate of drug-likeness (QED) is 0.638. The van der Waals surface area contributed by atoms with Gasteiger partial charge in [0.15, 0.2) is 0 Å². The fraction of sp³-hybridized carbons (Fsp3) is 0.0556. The molecule has 0 aromatic heterocycles. The van der Waals surface area contributed by atoms with Crippen molar-refractivity contribution in [2.24, 2.45) is 0 Å². The van der Waals surface area contributed by atoms with Crippen molar-refractivity contribution in [2.75, 3.05) is 5.32 Å². The molecule has 0 aliphatic rings. The Labute approximate surface area is 134 Å². The smallest absolute Gasteiger partial charge is 0.321 e. The van der Waals surface area contributed by atoms with Gasteiger partial charge in [0.25, 0.3) is 5.91 Å². The first-order valence-electron chi connectivity index (χ1n) is 7.03. The monoisotopic (exact) mass is 333 g/mol. The molecule has 0 unspecified atom stereocenters. The van der Waals surface area contributed by atoms with Crippen LogP contribution in [0.2, 0.25) is 0 Å². The molecular weight excluding hydrogens is 322 g/mol. The molecule has 0 atom stereocenters. The van der Waals surface area contributed by atoms with Gasteiger partial charge in [-0.3, -0.25) is 4.79 Å². The standard InChI is InChI=1S/C18H11F4NO/c19-14-9-4-8-13(18(20,21)22)16(14)17(24)23-15-10-3-6-11-5-1-2-7-12(11)15/h1-10H,(H,23,24). The van der Waals surface area contributed by atoms with E-state index in [2.05, 4.69) is 5.32 Å². The molecule has 0 bridgehead atoms. The molecule has 0 fully saturated rings. The first-order chi connectivity index (χ1) is 11.4. The predicted octanol–water partition coefficient (Wildman–Crippen LogP) is 5.25. The molecule has 1 amide bonds. The van der Waals surface area contributed by atoms with E-state index in [1.807, 2.05) is 0 Å². The molecular formula is C18H11F4NO. The molecule has 3 aromatic carbocycles. The lowest BCUT2D eigenvalue weighted by atomic mass is 10.0. The maximum atomic E-state index is 13.9. The van der Waals surface area contributed by atoms with Crippen molar-refractivity contribution >= 4 is 22.4 Å². The van der Waals surface area contributed by atoms with Gasteiger partial charge >= 0.3 is 6.18 Å². The van der Waals surface area contributed by atoms with Gasteiger partial charge in [-0.2, -0.15) is 13.2 Å². The molecule has 0 spiro atoms. The summed E-state index contributed by atoms with van der Waals surface area (Å²) in [5.41, 5.74) is -2.01. The molecule has 0 aliphatic heterocycles. The number of carbonyl (C=O) groups is 1. The van der Waals surface area contributed by atoms with Gasteiger partial charge in [0.2, 0.25) is 0 Å². The Kier molecular flexibility index (Phi) is 3.97. The van der Waals surface area contributed by atoms with E-state index in [1.165, 1.54) is 0 Å². The summed E-state index contributed by atoms with van der Waals surface area (Å²) in [5, 5.41) is 3.83. The number of alkyl halides is 3. The van der Waals surface area contributed by atoms with Crippen LogP contribution >= 0.6 is 0 Å². The zero-order valence-electron chi connectivity index (χ0n) is 12.2. The van der Waals surface area contributed by atoms with Crippen LogP contribution in [0.5, 0.6) is 0 Å². The molecule has 0 saturated carbocycles. The number of hydrogen-bond acceptors (Lipinski definition) is 1. The number of rotatable bonds is 2. The summed E-state index contributed by atoms with van der Waals surface area (Å²) in [5.74, 6) is -2.36. The second kappa shape index (κ2) is 5.96. The van der Waals surface area contributed by atoms with E-state index < -0.39 is 29.0 Å². The highest BCUT2D eigenvalue weighted by Crippen LogP contribution is 2.33. The minimum Gasteiger partial charge on any atom is -0.321 e. The highest BCUT2D eigenvalue weighted by molar-refractivity contribution is 6.10. The lowest BCUT2D eigenvalue weighted by molar-refractivity contribution is -0.138. The van der Waals surface area contributed by atoms with E-state index in [4.69, 9.17) is 0 Å². The van der Waals surface area contributed by atoms with Crippen molar-refractivity contribution in [1.82, 2.24) is 0 Å². The molecule has 6 heteroatoms. The van der Waals surface area contributed by atoms with Crippen LogP contribution in [0.4, 0.5) is 23.2 Å². The number of carbonyl (C=O) groups excluding carboxylic acids is 1. The Bertz CT molecular complexity index is 913. The Hall–Kier alpha value is -2.89. The Morgan fingerprint density at radius 1 is 0.875 bits per heavy atom. The van der Waals surface area contributed by atoms with Gasteiger partial charge in [0, 0.05) is 11.1 Å². The average molecular weight is 333 g/mol. The van der Waals surface area contributed by atoms with Crippen LogP contribution in [-0.2, 0) is 6.18 Å². The number of nitrogens with one attached hydrogen (secondary N) is 1. The minimum atomic E-state index is -4.83. The van der Waals surface area contributed by atoms with Crippen LogP contribution in [0, 0.1) is 5.82 Å². The van der Waals surface area contributed by atoms with Crippen molar-refractivity contribution in [3.05, 3.63) is 77.6 Å². The highest BCUT2D eigenvalue weighted by Gasteiger charge is 2.36. The summed E-state index contributed by atoms with van der Waals surface area (Å²) in [6, 6.07) is 14.5. The van der Waals surface area contributed by atoms with E-state index in [1.54, 1.807) is 42.5 Å². The second-order valence-corrected chi connectivity index (χ2v) is 5.14. The molecule has 122 valence electrons. The zero-order valence-corrected chi connectivity index (χ0v) is 12.2. The third-order valence-electron chi connectivity index (χ3n) is 3.58. The fourth-order valence-corrected chi connectivity index (χ4v) is 2.51. The third kappa shape index (κ3) is 2.95. The van der Waals surface area contributed by atoms with Crippen LogP contribution in [0.25, 0.3) is 10.8 Å². The number of anilines is 1. The summed E-state index contributed by atoms with van der Waals surface area (Å²) in [7, 11) is 0. The summed E-state index contributed by atoms with van der Waals surface area (Å²) in [6.45, 7) is 0. The number of amides is 1. The van der Waals surface area contributed by atoms with Crippen LogP contribution < -0.4 is 5.32 Å². The van der Waals surface area contributed by atoms with Gasteiger partial charge in [-0.15, -0.1) is 0 Å². The summed E-state index contributed by atoms with van der Waals surface area (Å²) in [4.78, 5) is 12.3. The molecule has 24 heavy (non-hydrogen) atoms. The normalized spacial score (nSPS) is 11.5. The molecule has 3 aromatic rings. The van der Waals surface area contributed by atoms with Gasteiger partial charge in [-0.1, -0.05) is 42.5 Å². The van der Waals surface area contributed by atoms with Gasteiger partial charge in [-0.25, -0.2) is 4.39 Å². The van der Waals surface area contributed by atoms with E-state index in [9.17, 15) is 22.4 Å². The van der Waals surface area contributed by atoms with Crippen LogP contribution in [0.1, 0.15) is 15.9 Å². The molecule has 0 radical (unpaired) electrons. The lowest BCUT2D eigenvalue weighted by Crippen LogP contribution is -2.20. The molecule has 0 saturated heterocycles. The second-order valence-electron chi connectivity index (χ2n) is 5.14. The van der Waals surface area contributed by atoms with Crippen molar-refractivity contribution in [3.63, 3.8) is 0 Å². The topological polar surface area (TPSA) is 29.1 Å². The van der Waals surface area contributed by atoms with Crippen LogP contribution in [-0.4, -0.2) is 5.91 Å². The third-order valence-corrected chi connectivity index (χ3v) is 3.58. The van der Waals surface area contributed by atoms with Crippen molar-refractivity contribution < 1.29 is 22.4 Å². The molecule has 2 nitrogen and oxygen atoms in total. The van der Waals surface area contributed by atoms with Crippen molar-refractivity contribution in [2.45, 2.75) is 6.18 Å². The van der Waals surface area contributed by atoms with Crippen molar-refractivity contribution in [3.8, 4) is 0 Å². The molecule has 3 rings (SSSR count). The number of fused-ring (bicyclic) bond motifs is 1. The minimum absolute atomic E-state index is 0.314. The molecule has 0 heterocycles. The first kappa shape index (κ1) is 16.0. The Morgan fingerprint density at radius 2 is 1.54 bits per heavy atom. The number of benzene rings is 3. The summed E-state index contributed by atoms with van der Waals surface area (Å²) in [6.07, 6.45) is -4.83. The Morgan fingerprint density at radius 3 is 2.29 bits per heavy atom. The highest BCUT2D eigenvalue weighted by atomic mass is 19.4. The molecule has 1 N–H and O–H groups in total. The van der Waals surface area contributed by atoms with Gasteiger partial charge < -0.3 is 5.32 Å². The maximum Gasteiger partial charge on any atom is 0.417 e. The van der Waals surface area contributed by atoms with Crippen molar-refractivity contribution in [1.29, 1.82) is 0 Å². The lowest BCUT2D eigenvalue weighted by Gasteiger charge is -2.14. The van der Waals surface area contributed by atoms with Crippen LogP contribution in [0.3, 0.4) is 0 Å². The van der Waals surface area contributed by atoms with E-state index in [0.717, 1.165) is 17.5 Å². The average Bonchev–Trinajstić information content (AvgIpc) is 2.54. The van der Waals surface area contributed by atoms with Gasteiger partial charge in [0.05, 0.1) is 11.1 Å². The van der Waals surface area contributed by atoms with E-state index in [-0.39, 0.29) is 0 Å². The zero-order chi connectivity index (χ0) is 17.3. The number of hydrogen-bond donors (Lipinski definition) is 1. The maximum absolute atomic E-state index is 13.9. The first-order valence-corrected chi connectivity index (χ1v) is 7.03. The predicted molar refractivity (Wildman–Crippen MR) is 83.3 cm³/mol. The van der Waals surface area contributed by atoms with Gasteiger partial charge in [0.1, 0.15) is 5.82 Å². The van der Waals surface area contributed by atoms with E-state index >= 15 is 0 Å². The number of halogens is 4. The summed E-state index contributed by atoms with van der Waals surface area (Å²) < 4.78 is 53.0. The van der Waals surface area contributed by atoms with E-state index in [0.29, 0.717) is 17.1 Å². The Balaban J connectivity index is 2.05. The molecule has 0 aliphatic carbocycles. The van der Waals surface area contributed by atoms with Crippen LogP contribution in [0.15, 0.2) is 60.7 Å². The van der Waals surface area contributed by atoms with Gasteiger partial charge in [-0.05, 0) is 23.6 Å². The summed E-state index contributed by atoms with van der Waals surface area (Å²) >= 11 is 0. The SMILES string of the molecule is O=C(Nc1cccc2ccccc12)c1c(F)cccc1C(F)(F)F.